The van der Waals surface area contributed by atoms with Crippen molar-refractivity contribution < 1.29 is 13.6 Å². The summed E-state index contributed by atoms with van der Waals surface area (Å²) >= 11 is 0. The molecule has 0 aromatic heterocycles. The predicted octanol–water partition coefficient (Wildman–Crippen LogP) is 1.44. The zero-order valence-electron chi connectivity index (χ0n) is 7.59. The molecule has 0 N–H and O–H groups in total. The number of hydrogen-bond acceptors (Lipinski definition) is 3. The van der Waals surface area contributed by atoms with Crippen molar-refractivity contribution in [2.45, 2.75) is 19.2 Å². The Morgan fingerprint density at radius 3 is 2.09 bits per heavy atom. The number of hydrogen-bond donors (Lipinski definition) is 0. The van der Waals surface area contributed by atoms with Crippen LogP contribution in [0.25, 0.3) is 0 Å². The maximum absolute atomic E-state index is 5.25. The van der Waals surface area contributed by atoms with Crippen molar-refractivity contribution in [2.24, 2.45) is 0 Å². The topological polar surface area (TPSA) is 27.7 Å². The smallest absolute Gasteiger partial charge is 0.376 e. The third-order valence-electron chi connectivity index (χ3n) is 1.85. The van der Waals surface area contributed by atoms with E-state index in [1.807, 2.05) is 13.5 Å². The predicted molar refractivity (Wildman–Crippen MR) is 46.4 cm³/mol. The van der Waals surface area contributed by atoms with Crippen LogP contribution in [0, 0.1) is 0 Å². The first-order chi connectivity index (χ1) is 5.10. The van der Waals surface area contributed by atoms with Crippen LogP contribution in [0.1, 0.15) is 6.92 Å². The molecule has 0 amide bonds. The summed E-state index contributed by atoms with van der Waals surface area (Å²) in [6, 6.07) is 0. The molecule has 66 valence electrons. The van der Waals surface area contributed by atoms with Gasteiger partial charge in [0.05, 0.1) is 6.26 Å². The van der Waals surface area contributed by atoms with E-state index in [2.05, 4.69) is 6.58 Å². The second kappa shape index (κ2) is 4.53. The second-order valence-electron chi connectivity index (χ2n) is 2.37. The third-order valence-corrected chi connectivity index (χ3v) is 5.08. The Morgan fingerprint density at radius 1 is 1.36 bits per heavy atom. The normalized spacial score (nSPS) is 14.2. The average Bonchev–Trinajstić information content (AvgIpc) is 2.03. The molecule has 0 saturated carbocycles. The maximum Gasteiger partial charge on any atom is 0.376 e. The first-order valence-corrected chi connectivity index (χ1v) is 5.86. The van der Waals surface area contributed by atoms with E-state index in [1.165, 1.54) is 6.26 Å². The van der Waals surface area contributed by atoms with Gasteiger partial charge >= 0.3 is 8.56 Å². The van der Waals surface area contributed by atoms with Gasteiger partial charge < -0.3 is 13.6 Å². The molecule has 0 saturated heterocycles. The molecule has 4 heteroatoms. The van der Waals surface area contributed by atoms with Crippen LogP contribution in [-0.4, -0.2) is 28.5 Å². The lowest BCUT2D eigenvalue weighted by Crippen LogP contribution is -2.48. The van der Waals surface area contributed by atoms with Crippen molar-refractivity contribution in [1.29, 1.82) is 0 Å². The van der Waals surface area contributed by atoms with Crippen molar-refractivity contribution in [3.8, 4) is 0 Å². The van der Waals surface area contributed by atoms with Crippen LogP contribution in [-0.2, 0) is 13.6 Å². The summed E-state index contributed by atoms with van der Waals surface area (Å²) in [5.74, 6) is 0. The summed E-state index contributed by atoms with van der Waals surface area (Å²) in [5.41, 5.74) is -0.0324. The molecule has 0 fully saturated rings. The van der Waals surface area contributed by atoms with Crippen molar-refractivity contribution >= 4 is 8.56 Å². The van der Waals surface area contributed by atoms with E-state index in [1.54, 1.807) is 14.2 Å². The van der Waals surface area contributed by atoms with Crippen LogP contribution in [0.5, 0.6) is 0 Å². The van der Waals surface area contributed by atoms with Crippen LogP contribution >= 0.6 is 0 Å². The van der Waals surface area contributed by atoms with Crippen molar-refractivity contribution in [1.82, 2.24) is 0 Å². The van der Waals surface area contributed by atoms with Gasteiger partial charge in [-0.05, 0) is 13.5 Å². The molecule has 0 bridgehead atoms. The molecule has 0 aliphatic heterocycles. The van der Waals surface area contributed by atoms with E-state index in [4.69, 9.17) is 13.6 Å². The largest absolute Gasteiger partial charge is 0.497 e. The van der Waals surface area contributed by atoms with Gasteiger partial charge in [0.15, 0.2) is 0 Å². The van der Waals surface area contributed by atoms with Crippen LogP contribution in [0.3, 0.4) is 0 Å². The fraction of sp³-hybridized carbons (Fsp3) is 0.714. The Kier molecular flexibility index (Phi) is 4.40. The van der Waals surface area contributed by atoms with Gasteiger partial charge in [-0.15, -0.1) is 0 Å². The zero-order valence-corrected chi connectivity index (χ0v) is 8.59. The number of ether oxygens (including phenoxy) is 1. The van der Waals surface area contributed by atoms with E-state index in [0.29, 0.717) is 0 Å². The molecule has 1 atom stereocenters. The molecule has 0 aromatic carbocycles. The fourth-order valence-electron chi connectivity index (χ4n) is 0.683. The summed E-state index contributed by atoms with van der Waals surface area (Å²) < 4.78 is 15.7. The van der Waals surface area contributed by atoms with Gasteiger partial charge in [-0.2, -0.15) is 0 Å². The second-order valence-corrected chi connectivity index (χ2v) is 6.03. The third kappa shape index (κ3) is 2.65. The minimum absolute atomic E-state index is 0.0324. The minimum atomic E-state index is -2.12. The van der Waals surface area contributed by atoms with E-state index < -0.39 is 8.56 Å². The minimum Gasteiger partial charge on any atom is -0.497 e. The highest BCUT2D eigenvalue weighted by molar-refractivity contribution is 6.67. The van der Waals surface area contributed by atoms with Gasteiger partial charge in [-0.1, -0.05) is 6.58 Å². The first-order valence-electron chi connectivity index (χ1n) is 3.47. The highest BCUT2D eigenvalue weighted by atomic mass is 28.4. The van der Waals surface area contributed by atoms with Crippen LogP contribution in [0.4, 0.5) is 0 Å². The first kappa shape index (κ1) is 10.7. The van der Waals surface area contributed by atoms with E-state index in [9.17, 15) is 0 Å². The lowest BCUT2D eigenvalue weighted by molar-refractivity contribution is 0.140. The highest BCUT2D eigenvalue weighted by Crippen LogP contribution is 2.12. The van der Waals surface area contributed by atoms with Gasteiger partial charge in [0.25, 0.3) is 0 Å². The van der Waals surface area contributed by atoms with Crippen molar-refractivity contribution in [3.05, 3.63) is 12.8 Å². The molecule has 0 spiro atoms. The molecule has 1 unspecified atom stereocenters. The van der Waals surface area contributed by atoms with Gasteiger partial charge in [0.2, 0.25) is 0 Å². The molecule has 0 radical (unpaired) electrons. The molecular weight excluding hydrogens is 160 g/mol. The number of rotatable bonds is 5. The standard InChI is InChI=1S/C7H16O3Si/c1-6-10-7(2)11(5,8-3)9-4/h6-7H,1H2,2-5H3. The van der Waals surface area contributed by atoms with Gasteiger partial charge in [0.1, 0.15) is 5.73 Å². The monoisotopic (exact) mass is 176 g/mol. The Balaban J connectivity index is 4.10. The van der Waals surface area contributed by atoms with Gasteiger partial charge in [0, 0.05) is 14.2 Å². The SMILES string of the molecule is C=COC(C)[Si](C)(OC)OC. The van der Waals surface area contributed by atoms with E-state index >= 15 is 0 Å². The summed E-state index contributed by atoms with van der Waals surface area (Å²) in [5, 5.41) is 0. The quantitative estimate of drug-likeness (QED) is 0.468. The van der Waals surface area contributed by atoms with Crippen LogP contribution in [0.15, 0.2) is 12.8 Å². The molecule has 0 aromatic rings. The Hall–Kier alpha value is -0.323. The average molecular weight is 176 g/mol. The maximum atomic E-state index is 5.25. The van der Waals surface area contributed by atoms with E-state index in [-0.39, 0.29) is 5.73 Å². The molecule has 0 aliphatic rings. The lowest BCUT2D eigenvalue weighted by atomic mass is 10.8. The lowest BCUT2D eigenvalue weighted by Gasteiger charge is -2.28. The molecule has 11 heavy (non-hydrogen) atoms. The molecule has 0 rings (SSSR count). The van der Waals surface area contributed by atoms with E-state index in [0.717, 1.165) is 0 Å². The van der Waals surface area contributed by atoms with Crippen molar-refractivity contribution in [2.75, 3.05) is 14.2 Å². The highest BCUT2D eigenvalue weighted by Gasteiger charge is 2.37. The molecule has 0 heterocycles. The van der Waals surface area contributed by atoms with Crippen molar-refractivity contribution in [3.63, 3.8) is 0 Å². The van der Waals surface area contributed by atoms with Crippen LogP contribution in [0.2, 0.25) is 6.55 Å². The van der Waals surface area contributed by atoms with Gasteiger partial charge in [-0.3, -0.25) is 0 Å². The fourth-order valence-corrected chi connectivity index (χ4v) is 1.86. The summed E-state index contributed by atoms with van der Waals surface area (Å²) in [6.07, 6.45) is 1.41. The summed E-state index contributed by atoms with van der Waals surface area (Å²) in [4.78, 5) is 0. The Morgan fingerprint density at radius 2 is 1.82 bits per heavy atom. The molecule has 3 nitrogen and oxygen atoms in total. The zero-order chi connectivity index (χ0) is 8.91. The summed E-state index contributed by atoms with van der Waals surface area (Å²) in [7, 11) is 1.16. The summed E-state index contributed by atoms with van der Waals surface area (Å²) in [6.45, 7) is 7.33. The Bertz CT molecular complexity index is 123. The van der Waals surface area contributed by atoms with Gasteiger partial charge in [-0.25, -0.2) is 0 Å². The molecule has 0 aliphatic carbocycles. The molecular formula is C7H16O3Si. The van der Waals surface area contributed by atoms with Crippen LogP contribution < -0.4 is 0 Å². The Labute approximate surface area is 69.2 Å².